The van der Waals surface area contributed by atoms with Crippen LogP contribution >= 0.6 is 11.8 Å². The molecule has 16 heteroatoms. The number of esters is 1. The predicted molar refractivity (Wildman–Crippen MR) is 128 cm³/mol. The summed E-state index contributed by atoms with van der Waals surface area (Å²) < 4.78 is 4.87. The van der Waals surface area contributed by atoms with Crippen LogP contribution in [-0.2, 0) is 23.9 Å². The van der Waals surface area contributed by atoms with E-state index in [-0.39, 0.29) is 47.5 Å². The molecule has 2 aliphatic heterocycles. The number of amides is 3. The number of aliphatic carboxylic acids is 1. The van der Waals surface area contributed by atoms with Gasteiger partial charge in [-0.3, -0.25) is 33.9 Å². The van der Waals surface area contributed by atoms with Gasteiger partial charge in [-0.25, -0.2) is 4.79 Å². The largest absolute Gasteiger partial charge is 1.00 e. The van der Waals surface area contributed by atoms with Gasteiger partial charge in [0.2, 0.25) is 5.91 Å². The van der Waals surface area contributed by atoms with E-state index >= 15 is 0 Å². The maximum Gasteiger partial charge on any atom is 1.00 e. The molecule has 1 unspecified atom stereocenters. The second-order valence-corrected chi connectivity index (χ2v) is 9.32. The molecule has 1 saturated heterocycles. The van der Waals surface area contributed by atoms with Crippen molar-refractivity contribution < 1.29 is 63.4 Å². The number of aromatic nitrogens is 2. The Morgan fingerprint density at radius 3 is 2.49 bits per heavy atom. The third-order valence-corrected chi connectivity index (χ3v) is 7.06. The molecular formula is C23H20N5NaO9S. The Hall–Kier alpha value is -3.66. The van der Waals surface area contributed by atoms with Crippen LogP contribution in [0.2, 0.25) is 0 Å². The number of benzene rings is 1. The third kappa shape index (κ3) is 6.33. The normalized spacial score (nSPS) is 18.6. The van der Waals surface area contributed by atoms with Gasteiger partial charge in [0, 0.05) is 24.4 Å². The van der Waals surface area contributed by atoms with Crippen molar-refractivity contribution in [2.45, 2.75) is 24.4 Å². The number of hydrogen-bond acceptors (Lipinski definition) is 10. The summed E-state index contributed by atoms with van der Waals surface area (Å²) in [6, 6.07) is 5.53. The van der Waals surface area contributed by atoms with E-state index < -0.39 is 69.6 Å². The van der Waals surface area contributed by atoms with Crippen LogP contribution in [0.3, 0.4) is 0 Å². The van der Waals surface area contributed by atoms with Crippen LogP contribution in [0.4, 0.5) is 0 Å². The van der Waals surface area contributed by atoms with Gasteiger partial charge >= 0.3 is 41.2 Å². The molecule has 198 valence electrons. The smallest absolute Gasteiger partial charge is 0.543 e. The van der Waals surface area contributed by atoms with Crippen LogP contribution in [0, 0.1) is 0 Å². The predicted octanol–water partition coefficient (Wildman–Crippen LogP) is -5.49. The van der Waals surface area contributed by atoms with Crippen LogP contribution in [-0.4, -0.2) is 68.3 Å². The Morgan fingerprint density at radius 2 is 1.87 bits per heavy atom. The Kier molecular flexibility index (Phi) is 9.55. The van der Waals surface area contributed by atoms with Crippen molar-refractivity contribution in [3.63, 3.8) is 0 Å². The molecule has 1 fully saturated rings. The number of aromatic amines is 2. The number of H-pyrrole nitrogens is 2. The molecule has 2 aliphatic rings. The van der Waals surface area contributed by atoms with Gasteiger partial charge in [0.05, 0.1) is 11.7 Å². The van der Waals surface area contributed by atoms with Crippen LogP contribution < -0.4 is 56.5 Å². The molecule has 3 atom stereocenters. The van der Waals surface area contributed by atoms with Crippen molar-refractivity contribution >= 4 is 41.4 Å². The van der Waals surface area contributed by atoms with Crippen LogP contribution in [0.5, 0.6) is 0 Å². The van der Waals surface area contributed by atoms with E-state index in [0.717, 1.165) is 29.8 Å². The second-order valence-electron chi connectivity index (χ2n) is 8.22. The summed E-state index contributed by atoms with van der Waals surface area (Å²) in [6.07, 6.45) is 0.906. The van der Waals surface area contributed by atoms with E-state index in [1.54, 1.807) is 30.3 Å². The minimum atomic E-state index is -1.63. The fourth-order valence-corrected chi connectivity index (χ4v) is 5.27. The van der Waals surface area contributed by atoms with E-state index in [2.05, 4.69) is 15.6 Å². The van der Waals surface area contributed by atoms with Crippen LogP contribution in [0.15, 0.2) is 57.4 Å². The van der Waals surface area contributed by atoms with Crippen LogP contribution in [0.1, 0.15) is 28.9 Å². The maximum atomic E-state index is 13.3. The van der Waals surface area contributed by atoms with Crippen LogP contribution in [0.25, 0.3) is 0 Å². The molecule has 39 heavy (non-hydrogen) atoms. The number of fused-ring (bicyclic) bond motifs is 1. The minimum Gasteiger partial charge on any atom is -0.543 e. The first kappa shape index (κ1) is 29.9. The molecule has 2 aromatic rings. The molecule has 1 aromatic carbocycles. The van der Waals surface area contributed by atoms with E-state index in [1.165, 1.54) is 0 Å². The number of hydrogen-bond donors (Lipinski definition) is 4. The van der Waals surface area contributed by atoms with Gasteiger partial charge in [-0.2, -0.15) is 0 Å². The number of rotatable bonds is 8. The number of nitrogens with zero attached hydrogens (tertiary/aromatic N) is 1. The number of thioether (sulfide) groups is 1. The summed E-state index contributed by atoms with van der Waals surface area (Å²) in [7, 11) is 0. The molecule has 0 bridgehead atoms. The first-order chi connectivity index (χ1) is 18.1. The first-order valence-electron chi connectivity index (χ1n) is 11.1. The summed E-state index contributed by atoms with van der Waals surface area (Å²) in [5.41, 5.74) is -2.14. The van der Waals surface area contributed by atoms with Crippen molar-refractivity contribution in [2.75, 3.05) is 12.4 Å². The zero-order valence-corrected chi connectivity index (χ0v) is 23.5. The molecule has 4 N–H and O–H groups in total. The van der Waals surface area contributed by atoms with Gasteiger partial charge in [0.15, 0.2) is 0 Å². The number of nitrogens with one attached hydrogen (secondary N) is 4. The molecular weight excluding hydrogens is 545 g/mol. The Labute approximate surface area is 245 Å². The van der Waals surface area contributed by atoms with E-state index in [4.69, 9.17) is 4.74 Å². The first-order valence-corrected chi connectivity index (χ1v) is 12.1. The van der Waals surface area contributed by atoms with Gasteiger partial charge < -0.3 is 30.3 Å². The standard InChI is InChI=1S/C23H21N5O9S.Na/c1-10(29)37-8-12-9-38-21-15(20(33)28(21)16(12)22(34)35)26-19(32)14(11-5-3-2-4-6-11)25-17(30)13-7-24-23(36)27-18(13)31;/h2-7,14-15,21H,8-9H2,1H3,(H,25,30)(H,26,32)(H,34,35)(H2,24,27,31,36);/q;+1/p-1/t14?,15-,21-;/m1./s1. The zero-order chi connectivity index (χ0) is 27.6. The van der Waals surface area contributed by atoms with Gasteiger partial charge in [-0.15, -0.1) is 11.8 Å². The maximum absolute atomic E-state index is 13.3. The van der Waals surface area contributed by atoms with E-state index in [1.807, 2.05) is 4.98 Å². The summed E-state index contributed by atoms with van der Waals surface area (Å²) in [5, 5.41) is 16.0. The Morgan fingerprint density at radius 1 is 1.18 bits per heavy atom. The molecule has 0 radical (unpaired) electrons. The molecule has 4 rings (SSSR count). The number of carbonyl (C=O) groups excluding carboxylic acids is 5. The Balaban J connectivity index is 0.00000420. The van der Waals surface area contributed by atoms with Crippen molar-refractivity contribution in [1.29, 1.82) is 0 Å². The quantitative estimate of drug-likeness (QED) is 0.135. The van der Waals surface area contributed by atoms with E-state index in [9.17, 15) is 38.7 Å². The number of β-lactam (4-membered cyclic amide) rings is 1. The molecule has 0 spiro atoms. The monoisotopic (exact) mass is 565 g/mol. The SMILES string of the molecule is CC(=O)OCC1=C(C(=O)[O-])N2C(=O)[C@@H](NC(=O)C(NC(=O)c3c[nH]c(=O)[nH]c3=O)c3ccccc3)[C@H]2SC1.[Na+]. The fraction of sp³-hybridized carbons (Fsp3) is 0.261. The van der Waals surface area contributed by atoms with Crippen molar-refractivity contribution in [1.82, 2.24) is 25.5 Å². The number of carboxylic acid groups (broad SMARTS) is 1. The summed E-state index contributed by atoms with van der Waals surface area (Å²) in [5.74, 6) is -4.64. The molecule has 0 saturated carbocycles. The topological polar surface area (TPSA) is 211 Å². The summed E-state index contributed by atoms with van der Waals surface area (Å²) >= 11 is 1.15. The third-order valence-electron chi connectivity index (χ3n) is 5.72. The van der Waals surface area contributed by atoms with E-state index in [0.29, 0.717) is 5.56 Å². The molecule has 1 aromatic heterocycles. The van der Waals surface area contributed by atoms with Gasteiger partial charge in [-0.05, 0) is 5.56 Å². The molecule has 14 nitrogen and oxygen atoms in total. The number of ether oxygens (including phenoxy) is 1. The zero-order valence-electron chi connectivity index (χ0n) is 20.6. The number of carbonyl (C=O) groups is 5. The number of carboxylic acids is 1. The van der Waals surface area contributed by atoms with Gasteiger partial charge in [-0.1, -0.05) is 30.3 Å². The Bertz CT molecular complexity index is 1470. The fourth-order valence-electron chi connectivity index (χ4n) is 3.94. The van der Waals surface area contributed by atoms with Crippen molar-refractivity contribution in [2.24, 2.45) is 0 Å². The summed E-state index contributed by atoms with van der Waals surface area (Å²) in [6.45, 7) is 0.832. The van der Waals surface area contributed by atoms with Gasteiger partial charge in [0.25, 0.3) is 17.4 Å². The molecule has 3 heterocycles. The minimum absolute atomic E-state index is 0. The second kappa shape index (κ2) is 12.5. The average molecular weight is 565 g/mol. The van der Waals surface area contributed by atoms with Crippen molar-refractivity contribution in [3.05, 3.63) is 79.8 Å². The van der Waals surface area contributed by atoms with Crippen molar-refractivity contribution in [3.8, 4) is 0 Å². The molecule has 3 amide bonds. The average Bonchev–Trinajstić information content (AvgIpc) is 2.88. The van der Waals surface area contributed by atoms with Gasteiger partial charge in [0.1, 0.15) is 29.6 Å². The summed E-state index contributed by atoms with van der Waals surface area (Å²) in [4.78, 5) is 90.2. The molecule has 0 aliphatic carbocycles.